The Labute approximate surface area is 63.4 Å². The average Bonchev–Trinajstić information content (AvgIpc) is 1.27. The summed E-state index contributed by atoms with van der Waals surface area (Å²) < 4.78 is 0. The SMILES string of the molecule is CC(C)CN(C)C.[GeH4]. The molecule has 0 spiro atoms. The van der Waals surface area contributed by atoms with E-state index in [0.717, 1.165) is 5.92 Å². The molecule has 0 heterocycles. The molecule has 8 heavy (non-hydrogen) atoms. The van der Waals surface area contributed by atoms with Crippen molar-refractivity contribution >= 4 is 17.6 Å². The summed E-state index contributed by atoms with van der Waals surface area (Å²) in [5.74, 6) is 0.801. The van der Waals surface area contributed by atoms with E-state index >= 15 is 0 Å². The monoisotopic (exact) mass is 179 g/mol. The van der Waals surface area contributed by atoms with Crippen molar-refractivity contribution in [2.45, 2.75) is 13.8 Å². The first-order valence-corrected chi connectivity index (χ1v) is 2.77. The first-order chi connectivity index (χ1) is 3.13. The molecule has 0 aromatic heterocycles. The van der Waals surface area contributed by atoms with Crippen molar-refractivity contribution < 1.29 is 0 Å². The Kier molecular flexibility index (Phi) is 7.97. The fraction of sp³-hybridized carbons (Fsp3) is 1.00. The molecular formula is C6H19GeN. The molecule has 0 saturated heterocycles. The molecule has 0 amide bonds. The molecule has 0 N–H and O–H groups in total. The molecule has 0 aromatic rings. The van der Waals surface area contributed by atoms with Gasteiger partial charge in [0.25, 0.3) is 0 Å². The Hall–Kier alpha value is 0.503. The van der Waals surface area contributed by atoms with Crippen LogP contribution in [0.15, 0.2) is 0 Å². The molecule has 0 unspecified atom stereocenters. The molecule has 1 nitrogen and oxygen atoms in total. The zero-order valence-corrected chi connectivity index (χ0v) is 5.73. The van der Waals surface area contributed by atoms with Crippen LogP contribution in [0, 0.1) is 5.92 Å². The minimum atomic E-state index is 0. The van der Waals surface area contributed by atoms with Gasteiger partial charge in [0.05, 0.1) is 0 Å². The van der Waals surface area contributed by atoms with Gasteiger partial charge in [-0.3, -0.25) is 0 Å². The maximum atomic E-state index is 2.22. The third-order valence-corrected chi connectivity index (χ3v) is 0.730. The van der Waals surface area contributed by atoms with Crippen LogP contribution in [0.3, 0.4) is 0 Å². The van der Waals surface area contributed by atoms with Crippen LogP contribution in [0.1, 0.15) is 13.8 Å². The molecule has 0 saturated carbocycles. The normalized spacial score (nSPS) is 9.75. The molecule has 0 aromatic carbocycles. The van der Waals surface area contributed by atoms with E-state index in [9.17, 15) is 0 Å². The topological polar surface area (TPSA) is 3.24 Å². The van der Waals surface area contributed by atoms with Crippen molar-refractivity contribution in [2.24, 2.45) is 5.92 Å². The summed E-state index contributed by atoms with van der Waals surface area (Å²) in [6.07, 6.45) is 0. The van der Waals surface area contributed by atoms with E-state index < -0.39 is 0 Å². The molecule has 0 atom stereocenters. The molecular weight excluding hydrogens is 159 g/mol. The van der Waals surface area contributed by atoms with Gasteiger partial charge in [0.1, 0.15) is 0 Å². The molecule has 0 bridgehead atoms. The molecule has 0 aliphatic carbocycles. The van der Waals surface area contributed by atoms with Crippen molar-refractivity contribution in [2.75, 3.05) is 20.6 Å². The second kappa shape index (κ2) is 5.64. The Balaban J connectivity index is 0. The molecule has 0 radical (unpaired) electrons. The fourth-order valence-corrected chi connectivity index (χ4v) is 0.730. The van der Waals surface area contributed by atoms with Crippen LogP contribution in [-0.2, 0) is 0 Å². The van der Waals surface area contributed by atoms with Gasteiger partial charge in [0.15, 0.2) is 0 Å². The predicted molar refractivity (Wildman–Crippen MR) is 44.7 cm³/mol. The van der Waals surface area contributed by atoms with Crippen LogP contribution < -0.4 is 0 Å². The van der Waals surface area contributed by atoms with Gasteiger partial charge >= 0.3 is 17.6 Å². The number of hydrogen-bond donors (Lipinski definition) is 0. The average molecular weight is 178 g/mol. The Morgan fingerprint density at radius 3 is 1.62 bits per heavy atom. The first kappa shape index (κ1) is 11.3. The van der Waals surface area contributed by atoms with Gasteiger partial charge in [-0.05, 0) is 26.6 Å². The van der Waals surface area contributed by atoms with Gasteiger partial charge in [-0.1, -0.05) is 13.8 Å². The first-order valence-electron chi connectivity index (χ1n) is 2.77. The summed E-state index contributed by atoms with van der Waals surface area (Å²) in [5.41, 5.74) is 0. The molecule has 0 fully saturated rings. The van der Waals surface area contributed by atoms with Crippen LogP contribution in [0.2, 0.25) is 0 Å². The van der Waals surface area contributed by atoms with Crippen molar-refractivity contribution in [3.05, 3.63) is 0 Å². The Morgan fingerprint density at radius 1 is 1.25 bits per heavy atom. The Bertz CT molecular complexity index is 37.8. The number of hydrogen-bond acceptors (Lipinski definition) is 1. The predicted octanol–water partition coefficient (Wildman–Crippen LogP) is -0.248. The van der Waals surface area contributed by atoms with E-state index in [2.05, 4.69) is 32.8 Å². The van der Waals surface area contributed by atoms with Gasteiger partial charge in [0.2, 0.25) is 0 Å². The van der Waals surface area contributed by atoms with Crippen molar-refractivity contribution in [3.63, 3.8) is 0 Å². The van der Waals surface area contributed by atoms with E-state index in [1.807, 2.05) is 0 Å². The van der Waals surface area contributed by atoms with Crippen LogP contribution in [-0.4, -0.2) is 43.1 Å². The summed E-state index contributed by atoms with van der Waals surface area (Å²) in [6, 6.07) is 0. The second-order valence-electron chi connectivity index (χ2n) is 2.66. The summed E-state index contributed by atoms with van der Waals surface area (Å²) in [5, 5.41) is 0. The van der Waals surface area contributed by atoms with Gasteiger partial charge in [-0.15, -0.1) is 0 Å². The number of nitrogens with zero attached hydrogens (tertiary/aromatic N) is 1. The van der Waals surface area contributed by atoms with Gasteiger partial charge < -0.3 is 4.90 Å². The molecule has 0 aliphatic rings. The van der Waals surface area contributed by atoms with Crippen LogP contribution in [0.4, 0.5) is 0 Å². The van der Waals surface area contributed by atoms with Crippen LogP contribution in [0.25, 0.3) is 0 Å². The zero-order valence-electron chi connectivity index (χ0n) is 5.73. The molecule has 0 aliphatic heterocycles. The molecule has 52 valence electrons. The summed E-state index contributed by atoms with van der Waals surface area (Å²) in [6.45, 7) is 5.64. The van der Waals surface area contributed by atoms with Gasteiger partial charge in [-0.25, -0.2) is 0 Å². The third kappa shape index (κ3) is 9.71. The summed E-state index contributed by atoms with van der Waals surface area (Å²) in [7, 11) is 4.19. The molecule has 2 heteroatoms. The minimum absolute atomic E-state index is 0. The summed E-state index contributed by atoms with van der Waals surface area (Å²) >= 11 is 0. The Morgan fingerprint density at radius 2 is 1.62 bits per heavy atom. The van der Waals surface area contributed by atoms with E-state index in [1.165, 1.54) is 6.54 Å². The van der Waals surface area contributed by atoms with E-state index in [1.54, 1.807) is 0 Å². The van der Waals surface area contributed by atoms with E-state index in [-0.39, 0.29) is 17.6 Å². The van der Waals surface area contributed by atoms with Crippen molar-refractivity contribution in [1.82, 2.24) is 4.90 Å². The zero-order chi connectivity index (χ0) is 5.86. The fourth-order valence-electron chi connectivity index (χ4n) is 0.730. The van der Waals surface area contributed by atoms with Gasteiger partial charge in [0, 0.05) is 0 Å². The van der Waals surface area contributed by atoms with E-state index in [0.29, 0.717) is 0 Å². The third-order valence-electron chi connectivity index (χ3n) is 0.730. The van der Waals surface area contributed by atoms with E-state index in [4.69, 9.17) is 0 Å². The number of rotatable bonds is 2. The van der Waals surface area contributed by atoms with Crippen LogP contribution >= 0.6 is 0 Å². The summed E-state index contributed by atoms with van der Waals surface area (Å²) in [4.78, 5) is 2.20. The standard InChI is InChI=1S/C6H15N.GeH4/c1-6(2)5-7(3)4;/h6H,5H2,1-4H3;1H4. The second-order valence-corrected chi connectivity index (χ2v) is 2.66. The van der Waals surface area contributed by atoms with Crippen LogP contribution in [0.5, 0.6) is 0 Å². The van der Waals surface area contributed by atoms with Gasteiger partial charge in [-0.2, -0.15) is 0 Å². The maximum absolute atomic E-state index is 2.22. The molecule has 0 rings (SSSR count). The quantitative estimate of drug-likeness (QED) is 0.527. The van der Waals surface area contributed by atoms with Crippen molar-refractivity contribution in [1.29, 1.82) is 0 Å². The van der Waals surface area contributed by atoms with Crippen molar-refractivity contribution in [3.8, 4) is 0 Å².